The number of nitrogens with zero attached hydrogens (tertiary/aromatic N) is 1. The van der Waals surface area contributed by atoms with Gasteiger partial charge in [0.05, 0.1) is 17.3 Å². The Morgan fingerprint density at radius 1 is 1.05 bits per heavy atom. The van der Waals surface area contributed by atoms with Crippen LogP contribution in [0.25, 0.3) is 6.08 Å². The molecule has 200 valence electrons. The van der Waals surface area contributed by atoms with Gasteiger partial charge in [0.1, 0.15) is 12.2 Å². The summed E-state index contributed by atoms with van der Waals surface area (Å²) in [6.45, 7) is 4.31. The Bertz CT molecular complexity index is 1540. The lowest BCUT2D eigenvalue weighted by atomic mass is 10.1. The van der Waals surface area contributed by atoms with Gasteiger partial charge < -0.3 is 18.9 Å². The number of benzene rings is 3. The molecule has 0 radical (unpaired) electrons. The number of nitrogens with one attached hydrogen (secondary N) is 1. The van der Waals surface area contributed by atoms with Crippen molar-refractivity contribution in [3.05, 3.63) is 80.3 Å². The van der Waals surface area contributed by atoms with E-state index in [2.05, 4.69) is 21.2 Å². The highest BCUT2D eigenvalue weighted by molar-refractivity contribution is 9.10. The van der Waals surface area contributed by atoms with E-state index in [1.807, 2.05) is 26.0 Å². The molecule has 9 nitrogen and oxygen atoms in total. The van der Waals surface area contributed by atoms with Gasteiger partial charge in [-0.15, -0.1) is 0 Å². The van der Waals surface area contributed by atoms with Crippen LogP contribution in [-0.2, 0) is 16.2 Å². The number of anilines is 1. The molecule has 39 heavy (non-hydrogen) atoms. The van der Waals surface area contributed by atoms with Crippen LogP contribution in [0.2, 0.25) is 5.02 Å². The monoisotopic (exact) mass is 612 g/mol. The van der Waals surface area contributed by atoms with Crippen LogP contribution in [0, 0.1) is 6.92 Å². The first kappa shape index (κ1) is 26.6. The number of rotatable bonds is 7. The molecular formula is C28H22BrClN2O7. The Kier molecular flexibility index (Phi) is 7.49. The lowest BCUT2D eigenvalue weighted by Crippen LogP contribution is -2.54. The van der Waals surface area contributed by atoms with Crippen LogP contribution in [0.1, 0.15) is 23.6 Å². The molecule has 0 saturated carbocycles. The molecular weight excluding hydrogens is 592 g/mol. The average Bonchev–Trinajstić information content (AvgIpc) is 3.36. The van der Waals surface area contributed by atoms with Crippen LogP contribution < -0.4 is 29.2 Å². The molecule has 11 heteroatoms. The Labute approximate surface area is 237 Å². The van der Waals surface area contributed by atoms with E-state index in [-0.39, 0.29) is 24.0 Å². The first-order valence-corrected chi connectivity index (χ1v) is 13.1. The summed E-state index contributed by atoms with van der Waals surface area (Å²) in [5.74, 6) is 0.365. The molecule has 5 rings (SSSR count). The van der Waals surface area contributed by atoms with Crippen LogP contribution in [0.15, 0.2) is 58.6 Å². The highest BCUT2D eigenvalue weighted by Gasteiger charge is 2.37. The van der Waals surface area contributed by atoms with Crippen LogP contribution in [-0.4, -0.2) is 31.2 Å². The van der Waals surface area contributed by atoms with Gasteiger partial charge in [0.2, 0.25) is 6.79 Å². The van der Waals surface area contributed by atoms with Crippen molar-refractivity contribution in [1.82, 2.24) is 5.32 Å². The highest BCUT2D eigenvalue weighted by atomic mass is 79.9. The molecule has 4 amide bonds. The van der Waals surface area contributed by atoms with Gasteiger partial charge >= 0.3 is 6.03 Å². The van der Waals surface area contributed by atoms with Crippen molar-refractivity contribution in [2.24, 2.45) is 0 Å². The maximum Gasteiger partial charge on any atom is 0.335 e. The molecule has 0 aliphatic carbocycles. The molecule has 0 atom stereocenters. The molecule has 2 heterocycles. The highest BCUT2D eigenvalue weighted by Crippen LogP contribution is 2.39. The van der Waals surface area contributed by atoms with E-state index in [4.69, 9.17) is 30.5 Å². The third kappa shape index (κ3) is 5.43. The summed E-state index contributed by atoms with van der Waals surface area (Å²) in [5.41, 5.74) is 2.17. The summed E-state index contributed by atoms with van der Waals surface area (Å²) < 4.78 is 23.3. The fourth-order valence-electron chi connectivity index (χ4n) is 4.09. The van der Waals surface area contributed by atoms with Gasteiger partial charge in [-0.3, -0.25) is 14.9 Å². The molecule has 0 unspecified atom stereocenters. The van der Waals surface area contributed by atoms with E-state index >= 15 is 0 Å². The summed E-state index contributed by atoms with van der Waals surface area (Å²) in [7, 11) is 0. The zero-order valence-electron chi connectivity index (χ0n) is 20.9. The maximum atomic E-state index is 13.3. The molecule has 3 aromatic rings. The summed E-state index contributed by atoms with van der Waals surface area (Å²) in [6, 6.07) is 12.8. The van der Waals surface area contributed by atoms with Gasteiger partial charge in [0.15, 0.2) is 23.0 Å². The van der Waals surface area contributed by atoms with Gasteiger partial charge in [0.25, 0.3) is 11.8 Å². The molecule has 0 bridgehead atoms. The van der Waals surface area contributed by atoms with Crippen molar-refractivity contribution < 1.29 is 33.3 Å². The van der Waals surface area contributed by atoms with Crippen molar-refractivity contribution in [2.75, 3.05) is 18.3 Å². The van der Waals surface area contributed by atoms with Crippen LogP contribution in [0.5, 0.6) is 23.0 Å². The number of urea groups is 1. The number of halogens is 2. The minimum atomic E-state index is -0.829. The van der Waals surface area contributed by atoms with E-state index < -0.39 is 17.8 Å². The lowest BCUT2D eigenvalue weighted by molar-refractivity contribution is -0.122. The SMILES string of the molecule is CCOc1cc(/C=C2\C(=O)NC(=O)N(c3ccc(Br)c(C)c3)C2=O)cc(Cl)c1OCc1ccc2c(c1)OCO2. The number of barbiturate groups is 1. The Morgan fingerprint density at radius 2 is 1.85 bits per heavy atom. The van der Waals surface area contributed by atoms with Gasteiger partial charge in [-0.2, -0.15) is 0 Å². The van der Waals surface area contributed by atoms with E-state index in [1.165, 1.54) is 6.08 Å². The number of hydrogen-bond acceptors (Lipinski definition) is 7. The lowest BCUT2D eigenvalue weighted by Gasteiger charge is -2.26. The van der Waals surface area contributed by atoms with Gasteiger partial charge in [0, 0.05) is 4.47 Å². The van der Waals surface area contributed by atoms with Crippen LogP contribution in [0.3, 0.4) is 0 Å². The minimum absolute atomic E-state index is 0.173. The molecule has 2 aliphatic rings. The van der Waals surface area contributed by atoms with Gasteiger partial charge in [-0.05, 0) is 79.1 Å². The number of fused-ring (bicyclic) bond motifs is 1. The third-order valence-electron chi connectivity index (χ3n) is 5.96. The van der Waals surface area contributed by atoms with Gasteiger partial charge in [-0.25, -0.2) is 9.69 Å². The number of hydrogen-bond donors (Lipinski definition) is 1. The zero-order valence-corrected chi connectivity index (χ0v) is 23.2. The van der Waals surface area contributed by atoms with Crippen molar-refractivity contribution in [3.63, 3.8) is 0 Å². The Hall–Kier alpha value is -4.02. The third-order valence-corrected chi connectivity index (χ3v) is 7.13. The molecule has 0 spiro atoms. The fourth-order valence-corrected chi connectivity index (χ4v) is 4.61. The van der Waals surface area contributed by atoms with E-state index in [1.54, 1.807) is 36.4 Å². The largest absolute Gasteiger partial charge is 0.490 e. The normalized spacial score (nSPS) is 15.5. The molecule has 1 fully saturated rings. The topological polar surface area (TPSA) is 103 Å². The predicted octanol–water partition coefficient (Wildman–Crippen LogP) is 5.78. The number of carbonyl (C=O) groups is 3. The van der Waals surface area contributed by atoms with Crippen molar-refractivity contribution in [2.45, 2.75) is 20.5 Å². The first-order valence-electron chi connectivity index (χ1n) is 11.9. The Morgan fingerprint density at radius 3 is 2.62 bits per heavy atom. The zero-order chi connectivity index (χ0) is 27.7. The molecule has 2 aliphatic heterocycles. The second kappa shape index (κ2) is 11.0. The van der Waals surface area contributed by atoms with Crippen molar-refractivity contribution in [3.8, 4) is 23.0 Å². The number of amides is 4. The van der Waals surface area contributed by atoms with Crippen LogP contribution >= 0.6 is 27.5 Å². The summed E-state index contributed by atoms with van der Waals surface area (Å²) in [5, 5.41) is 2.44. The summed E-state index contributed by atoms with van der Waals surface area (Å²) >= 11 is 9.97. The van der Waals surface area contributed by atoms with Crippen molar-refractivity contribution >= 4 is 57.1 Å². The second-order valence-electron chi connectivity index (χ2n) is 8.63. The average molecular weight is 614 g/mol. The molecule has 0 aromatic heterocycles. The Balaban J connectivity index is 1.43. The second-order valence-corrected chi connectivity index (χ2v) is 9.89. The number of ether oxygens (including phenoxy) is 4. The number of imide groups is 2. The fraction of sp³-hybridized carbons (Fsp3) is 0.179. The predicted molar refractivity (Wildman–Crippen MR) is 147 cm³/mol. The smallest absolute Gasteiger partial charge is 0.335 e. The van der Waals surface area contributed by atoms with E-state index in [0.29, 0.717) is 40.9 Å². The quantitative estimate of drug-likeness (QED) is 0.266. The number of aryl methyl sites for hydroxylation is 1. The molecule has 1 saturated heterocycles. The number of carbonyl (C=O) groups excluding carboxylic acids is 3. The maximum absolute atomic E-state index is 13.3. The van der Waals surface area contributed by atoms with Gasteiger partial charge in [-0.1, -0.05) is 33.6 Å². The minimum Gasteiger partial charge on any atom is -0.490 e. The van der Waals surface area contributed by atoms with E-state index in [0.717, 1.165) is 20.5 Å². The first-order chi connectivity index (χ1) is 18.7. The summed E-state index contributed by atoms with van der Waals surface area (Å²) in [6.07, 6.45) is 1.36. The molecule has 3 aromatic carbocycles. The standard InChI is InChI=1S/C28H22BrClN2O7/c1-3-36-24-12-17(10-21(30)25(24)37-13-16-4-7-22-23(11-16)39-14-38-22)9-19-26(33)31-28(35)32(27(19)34)18-5-6-20(29)15(2)8-18/h4-12H,3,13-14H2,1-2H3,(H,31,33,35)/b19-9+. The van der Waals surface area contributed by atoms with Crippen molar-refractivity contribution in [1.29, 1.82) is 0 Å². The summed E-state index contributed by atoms with van der Waals surface area (Å²) in [4.78, 5) is 39.4. The molecule has 1 N–H and O–H groups in total. The van der Waals surface area contributed by atoms with Crippen LogP contribution in [0.4, 0.5) is 10.5 Å². The van der Waals surface area contributed by atoms with E-state index in [9.17, 15) is 14.4 Å².